The number of hydrogen-bond donors (Lipinski definition) is 1. The Bertz CT molecular complexity index is 2200. The van der Waals surface area contributed by atoms with E-state index in [1.165, 1.54) is 0 Å². The number of para-hydroxylation sites is 3. The molecule has 8 rings (SSSR count). The number of fused-ring (bicyclic) bond motifs is 3. The third kappa shape index (κ3) is 5.81. The van der Waals surface area contributed by atoms with Crippen LogP contribution in [0.1, 0.15) is 25.0 Å². The molecule has 0 aliphatic heterocycles. The summed E-state index contributed by atoms with van der Waals surface area (Å²) in [7, 11) is 0. The zero-order chi connectivity index (χ0) is 32.7. The molecular weight excluding hydrogens is 784 g/mol. The van der Waals surface area contributed by atoms with Crippen LogP contribution in [0.15, 0.2) is 158 Å². The second-order valence-electron chi connectivity index (χ2n) is 12.4. The van der Waals surface area contributed by atoms with Crippen LogP contribution in [0.3, 0.4) is 0 Å². The molecule has 0 saturated carbocycles. The van der Waals surface area contributed by atoms with Gasteiger partial charge in [0.2, 0.25) is 0 Å². The number of anilines is 6. The molecule has 0 atom stereocenters. The van der Waals surface area contributed by atoms with Crippen molar-refractivity contribution in [2.75, 3.05) is 9.80 Å². The fraction of sp³-hybridized carbons (Fsp3) is 0.0698. The molecule has 5 nitrogen and oxygen atoms in total. The van der Waals surface area contributed by atoms with Gasteiger partial charge in [-0.05, 0) is 71.0 Å². The second kappa shape index (κ2) is 13.2. The predicted molar refractivity (Wildman–Crippen MR) is 195 cm³/mol. The van der Waals surface area contributed by atoms with Crippen LogP contribution in [-0.2, 0) is 26.5 Å². The van der Waals surface area contributed by atoms with Crippen LogP contribution in [0.5, 0.6) is 5.75 Å². The summed E-state index contributed by atoms with van der Waals surface area (Å²) < 4.78 is 0. The number of aromatic hydroxyl groups is 1. The molecule has 0 saturated heterocycles. The summed E-state index contributed by atoms with van der Waals surface area (Å²) >= 11 is 0. The molecule has 2 aromatic heterocycles. The van der Waals surface area contributed by atoms with Crippen LogP contribution >= 0.6 is 0 Å². The Labute approximate surface area is 301 Å². The van der Waals surface area contributed by atoms with E-state index in [2.05, 4.69) is 121 Å². The number of phenolic OH excluding ortho intramolecular Hbond substituents is 1. The molecule has 6 heteroatoms. The number of rotatable bonds is 7. The molecule has 5 aromatic carbocycles. The molecule has 49 heavy (non-hydrogen) atoms. The molecule has 0 fully saturated rings. The number of aromatic nitrogens is 2. The molecule has 1 aliphatic carbocycles. The molecule has 0 bridgehead atoms. The first kappa shape index (κ1) is 32.1. The number of hydrogen-bond acceptors (Lipinski definition) is 5. The van der Waals surface area contributed by atoms with E-state index >= 15 is 0 Å². The Hall–Kier alpha value is -5.51. The quantitative estimate of drug-likeness (QED) is 0.162. The van der Waals surface area contributed by atoms with Gasteiger partial charge in [-0.3, -0.25) is 4.98 Å². The van der Waals surface area contributed by atoms with Gasteiger partial charge < -0.3 is 14.9 Å². The zero-order valence-electron chi connectivity index (χ0n) is 27.1. The summed E-state index contributed by atoms with van der Waals surface area (Å²) in [5.41, 5.74) is 10.1. The Morgan fingerprint density at radius 1 is 0.592 bits per heavy atom. The predicted octanol–water partition coefficient (Wildman–Crippen LogP) is 10.9. The van der Waals surface area contributed by atoms with E-state index in [4.69, 9.17) is 9.97 Å². The molecule has 2 heterocycles. The Morgan fingerprint density at radius 3 is 1.86 bits per heavy atom. The first-order valence-corrected chi connectivity index (χ1v) is 16.1. The average Bonchev–Trinajstić information content (AvgIpc) is 3.37. The van der Waals surface area contributed by atoms with Crippen molar-refractivity contribution >= 4 is 34.3 Å². The van der Waals surface area contributed by atoms with Crippen molar-refractivity contribution in [3.63, 3.8) is 0 Å². The van der Waals surface area contributed by atoms with Gasteiger partial charge in [0, 0.05) is 61.4 Å². The summed E-state index contributed by atoms with van der Waals surface area (Å²) in [6.45, 7) is 4.36. The topological polar surface area (TPSA) is 52.5 Å². The molecule has 0 spiro atoms. The standard InChI is InChI=1S/C43H33N4O.Pt/c1-43(2)36-22-13-23-39(48)41(36)42-37(43)24-25-38(45-42)30-14-12-21-34(28-30)47(33-19-10-5-11-20-33)40-29-35(26-27-44-40)46(31-15-6-3-7-16-31)32-17-8-4-9-18-32;/h3-27,29,48H,1-2H3;/q-1;. The van der Waals surface area contributed by atoms with Crippen molar-refractivity contribution in [1.82, 2.24) is 9.97 Å². The monoisotopic (exact) mass is 816 g/mol. The van der Waals surface area contributed by atoms with Crippen LogP contribution in [0, 0.1) is 6.07 Å². The third-order valence-electron chi connectivity index (χ3n) is 9.08. The SMILES string of the molecule is CC1(C)c2ccc(-c3[c-]c(N(c4ccccc4)c4cc(N(c5ccccc5)c5ccccc5)ccn4)ccc3)nc2-c2c(O)cccc21.[Pt]. The Kier molecular flexibility index (Phi) is 8.62. The van der Waals surface area contributed by atoms with Gasteiger partial charge in [-0.15, -0.1) is 29.8 Å². The van der Waals surface area contributed by atoms with Crippen molar-refractivity contribution in [2.45, 2.75) is 19.3 Å². The number of nitrogens with zero attached hydrogens (tertiary/aromatic N) is 4. The molecule has 0 radical (unpaired) electrons. The van der Waals surface area contributed by atoms with Gasteiger partial charge in [0.15, 0.2) is 0 Å². The number of pyridine rings is 2. The summed E-state index contributed by atoms with van der Waals surface area (Å²) in [5.74, 6) is 1.01. The molecular formula is C43H33N4OPt-. The summed E-state index contributed by atoms with van der Waals surface area (Å²) in [6, 6.07) is 54.8. The van der Waals surface area contributed by atoms with Gasteiger partial charge in [0.05, 0.1) is 11.4 Å². The largest absolute Gasteiger partial charge is 0.507 e. The van der Waals surface area contributed by atoms with Crippen LogP contribution in [0.25, 0.3) is 22.5 Å². The zero-order valence-corrected chi connectivity index (χ0v) is 29.3. The molecule has 0 amide bonds. The maximum atomic E-state index is 10.9. The Balaban J connectivity index is 0.00000378. The van der Waals surface area contributed by atoms with Crippen molar-refractivity contribution in [1.29, 1.82) is 0 Å². The van der Waals surface area contributed by atoms with Gasteiger partial charge >= 0.3 is 0 Å². The fourth-order valence-electron chi connectivity index (χ4n) is 6.74. The van der Waals surface area contributed by atoms with Crippen molar-refractivity contribution < 1.29 is 26.2 Å². The number of benzene rings is 5. The van der Waals surface area contributed by atoms with Crippen LogP contribution in [0.2, 0.25) is 0 Å². The van der Waals surface area contributed by atoms with E-state index in [9.17, 15) is 5.11 Å². The van der Waals surface area contributed by atoms with Crippen molar-refractivity contribution in [3.8, 4) is 28.3 Å². The minimum Gasteiger partial charge on any atom is -0.507 e. The van der Waals surface area contributed by atoms with Crippen LogP contribution in [0.4, 0.5) is 34.3 Å². The summed E-state index contributed by atoms with van der Waals surface area (Å²) in [6.07, 6.45) is 1.86. The van der Waals surface area contributed by atoms with E-state index in [-0.39, 0.29) is 32.2 Å². The fourth-order valence-corrected chi connectivity index (χ4v) is 6.74. The summed E-state index contributed by atoms with van der Waals surface area (Å²) in [4.78, 5) is 14.4. The van der Waals surface area contributed by atoms with E-state index < -0.39 is 0 Å². The van der Waals surface area contributed by atoms with E-state index in [1.807, 2.05) is 60.8 Å². The van der Waals surface area contributed by atoms with Gasteiger partial charge in [0.1, 0.15) is 11.6 Å². The molecule has 7 aromatic rings. The maximum absolute atomic E-state index is 10.9. The van der Waals surface area contributed by atoms with Crippen LogP contribution in [-0.4, -0.2) is 15.1 Å². The molecule has 0 unspecified atom stereocenters. The van der Waals surface area contributed by atoms with E-state index in [0.29, 0.717) is 0 Å². The van der Waals surface area contributed by atoms with Gasteiger partial charge in [-0.1, -0.05) is 92.7 Å². The van der Waals surface area contributed by atoms with Crippen LogP contribution < -0.4 is 9.80 Å². The summed E-state index contributed by atoms with van der Waals surface area (Å²) in [5, 5.41) is 10.9. The molecule has 1 aliphatic rings. The normalized spacial score (nSPS) is 12.4. The van der Waals surface area contributed by atoms with E-state index in [1.54, 1.807) is 6.07 Å². The van der Waals surface area contributed by atoms with Crippen molar-refractivity contribution in [2.24, 2.45) is 0 Å². The Morgan fingerprint density at radius 2 is 1.20 bits per heavy atom. The maximum Gasteiger partial charge on any atom is 0.138 e. The van der Waals surface area contributed by atoms with Gasteiger partial charge in [-0.25, -0.2) is 4.98 Å². The van der Waals surface area contributed by atoms with Crippen molar-refractivity contribution in [3.05, 3.63) is 175 Å². The molecule has 242 valence electrons. The van der Waals surface area contributed by atoms with E-state index in [0.717, 1.165) is 67.9 Å². The number of phenols is 1. The first-order valence-electron chi connectivity index (χ1n) is 16.1. The average molecular weight is 817 g/mol. The minimum absolute atomic E-state index is 0. The second-order valence-corrected chi connectivity index (χ2v) is 12.4. The van der Waals surface area contributed by atoms with Gasteiger partial charge in [-0.2, -0.15) is 0 Å². The van der Waals surface area contributed by atoms with Gasteiger partial charge in [0.25, 0.3) is 0 Å². The molecule has 1 N–H and O–H groups in total. The smallest absolute Gasteiger partial charge is 0.138 e. The minimum atomic E-state index is -0.255. The first-order chi connectivity index (χ1) is 23.5. The third-order valence-corrected chi connectivity index (χ3v) is 9.08.